The third-order valence-electron chi connectivity index (χ3n) is 13.2. The molecule has 27 heteroatoms. The molecule has 0 aliphatic carbocycles. The minimum atomic E-state index is -1.63. The number of guanidine groups is 1. The molecule has 0 fully saturated rings. The summed E-state index contributed by atoms with van der Waals surface area (Å²) in [6.45, 7) is 19.7. The number of primary amides is 1. The Morgan fingerprint density at radius 3 is 1.10 bits per heavy atom. The molecule has 0 unspecified atom stereocenters. The Kier molecular flexibility index (Phi) is 37.0. The summed E-state index contributed by atoms with van der Waals surface area (Å²) in [6, 6.07) is -11.2. The summed E-state index contributed by atoms with van der Waals surface area (Å²) >= 11 is 0. The molecule has 0 spiro atoms. The van der Waals surface area contributed by atoms with E-state index in [0.717, 1.165) is 0 Å². The van der Waals surface area contributed by atoms with Crippen LogP contribution >= 0.6 is 0 Å². The zero-order valence-electron chi connectivity index (χ0n) is 50.1. The minimum Gasteiger partial charge on any atom is -0.391 e. The van der Waals surface area contributed by atoms with Gasteiger partial charge in [0.1, 0.15) is 54.4 Å². The fraction of sp³-hybridized carbons (Fsp3) is 0.796. The van der Waals surface area contributed by atoms with Gasteiger partial charge >= 0.3 is 0 Å². The van der Waals surface area contributed by atoms with Gasteiger partial charge in [-0.2, -0.15) is 0 Å². The van der Waals surface area contributed by atoms with Gasteiger partial charge in [0.2, 0.25) is 59.1 Å². The summed E-state index contributed by atoms with van der Waals surface area (Å²) in [7, 11) is 0. The van der Waals surface area contributed by atoms with Crippen LogP contribution in [0.25, 0.3) is 0 Å². The Morgan fingerprint density at radius 2 is 0.728 bits per heavy atom. The number of hydrogen-bond acceptors (Lipinski definition) is 15. The van der Waals surface area contributed by atoms with Gasteiger partial charge in [0.15, 0.2) is 5.96 Å². The molecule has 0 aliphatic heterocycles. The van der Waals surface area contributed by atoms with E-state index in [-0.39, 0.29) is 107 Å². The number of amides is 10. The van der Waals surface area contributed by atoms with Crippen molar-refractivity contribution in [2.75, 3.05) is 26.2 Å². The summed E-state index contributed by atoms with van der Waals surface area (Å²) in [5.41, 5.74) is 33.8. The van der Waals surface area contributed by atoms with Gasteiger partial charge in [-0.1, -0.05) is 75.7 Å². The topological polar surface area (TPSA) is 468 Å². The van der Waals surface area contributed by atoms with Crippen LogP contribution in [0.4, 0.5) is 0 Å². The van der Waals surface area contributed by atoms with Crippen molar-refractivity contribution in [1.82, 2.24) is 47.9 Å². The fourth-order valence-electron chi connectivity index (χ4n) is 8.60. The van der Waals surface area contributed by atoms with E-state index in [4.69, 9.17) is 34.4 Å². The summed E-state index contributed by atoms with van der Waals surface area (Å²) in [6.07, 6.45) is 1.45. The van der Waals surface area contributed by atoms with Gasteiger partial charge in [-0.15, -0.1) is 0 Å². The molecule has 0 radical (unpaired) electrons. The lowest BCUT2D eigenvalue weighted by Crippen LogP contribution is -2.62. The fourth-order valence-corrected chi connectivity index (χ4v) is 8.60. The predicted molar refractivity (Wildman–Crippen MR) is 310 cm³/mol. The normalized spacial score (nSPS) is 15.5. The van der Waals surface area contributed by atoms with Crippen LogP contribution in [0.3, 0.4) is 0 Å². The smallest absolute Gasteiger partial charge is 0.245 e. The minimum absolute atomic E-state index is 0.00517. The maximum atomic E-state index is 14.5. The highest BCUT2D eigenvalue weighted by Crippen LogP contribution is 2.15. The second-order valence-electron chi connectivity index (χ2n) is 22.7. The third-order valence-corrected chi connectivity index (χ3v) is 13.2. The van der Waals surface area contributed by atoms with Gasteiger partial charge in [-0.05, 0) is 127 Å². The number of rotatable bonds is 42. The number of carbonyl (C=O) groups is 10. The Morgan fingerprint density at radius 1 is 0.407 bits per heavy atom. The van der Waals surface area contributed by atoms with E-state index in [9.17, 15) is 53.1 Å². The van der Waals surface area contributed by atoms with E-state index in [1.165, 1.54) is 6.92 Å². The zero-order valence-corrected chi connectivity index (χ0v) is 50.1. The second-order valence-corrected chi connectivity index (χ2v) is 22.7. The number of aliphatic hydroxyl groups excluding tert-OH is 1. The lowest BCUT2D eigenvalue weighted by atomic mass is 9.96. The van der Waals surface area contributed by atoms with E-state index < -0.39 is 125 Å². The van der Waals surface area contributed by atoms with Crippen LogP contribution in [-0.2, 0) is 47.9 Å². The molecule has 0 rings (SSSR count). The molecule has 0 saturated carbocycles. The van der Waals surface area contributed by atoms with Crippen molar-refractivity contribution in [3.8, 4) is 0 Å². The SMILES string of the molecule is CC[C@H](C)[C@H](NC(=O)[C@@H](CCCN=C(N)N)NC(=O)[C@H](CCCCN)NC(=O)[C@H](CC(C)C)NC(=O)[C@H](CC(C)C)NC(=O)CN)C(=O)N[C@@H](CCCCN)C(=O)N[C@@H](C(=O)N[C@@H](CC(C)C)C(=O)N[C@@H](CC(C)C)C(N)=O)[C@H](C)O. The van der Waals surface area contributed by atoms with Crippen molar-refractivity contribution >= 4 is 65.0 Å². The standard InChI is InChI=1S/C54H104N16O11/c1-12-33(10)43(52(80)65-36(19-14-16-22-56)48(76)70-44(34(11)71)53(81)68-41(27-32(8)9)51(79)66-38(45(58)73)24-29(2)3)69-47(75)37(20-17-23-61-54(59)60)63-46(74)35(18-13-15-21-55)64-50(78)40(26-31(6)7)67-49(77)39(25-30(4)5)62-42(72)28-57/h29-41,43-44,71H,12-28,55-57H2,1-11H3,(H2,58,73)(H,62,72)(H,63,74)(H,64,78)(H,65,80)(H,66,79)(H,67,77)(H,68,81)(H,69,75)(H,70,76)(H4,59,60,61)/t33-,34-,35-,36-,37+,38-,39-,40-,41-,43-,44+/m0/s1. The summed E-state index contributed by atoms with van der Waals surface area (Å²) < 4.78 is 0. The van der Waals surface area contributed by atoms with Gasteiger partial charge in [0.25, 0.3) is 0 Å². The molecule has 466 valence electrons. The summed E-state index contributed by atoms with van der Waals surface area (Å²) in [5.74, 6) is -8.52. The van der Waals surface area contributed by atoms with Gasteiger partial charge in [-0.25, -0.2) is 0 Å². The lowest BCUT2D eigenvalue weighted by Gasteiger charge is -2.30. The molecule has 0 aromatic heterocycles. The van der Waals surface area contributed by atoms with E-state index in [0.29, 0.717) is 32.1 Å². The molecule has 0 aromatic rings. The van der Waals surface area contributed by atoms with E-state index in [1.54, 1.807) is 13.8 Å². The largest absolute Gasteiger partial charge is 0.391 e. The van der Waals surface area contributed by atoms with Crippen LogP contribution in [0.1, 0.15) is 160 Å². The lowest BCUT2D eigenvalue weighted by molar-refractivity contribution is -0.137. The molecule has 0 aliphatic rings. The molecule has 81 heavy (non-hydrogen) atoms. The number of carbonyl (C=O) groups excluding carboxylic acids is 10. The van der Waals surface area contributed by atoms with Crippen molar-refractivity contribution in [3.05, 3.63) is 0 Å². The molecule has 27 nitrogen and oxygen atoms in total. The molecule has 11 atom stereocenters. The predicted octanol–water partition coefficient (Wildman–Crippen LogP) is -2.28. The molecule has 10 amide bonds. The molecule has 22 N–H and O–H groups in total. The highest BCUT2D eigenvalue weighted by molar-refractivity contribution is 5.98. The first-order valence-electron chi connectivity index (χ1n) is 28.8. The monoisotopic (exact) mass is 1150 g/mol. The van der Waals surface area contributed by atoms with Crippen LogP contribution in [0.2, 0.25) is 0 Å². The number of hydrogen-bond donors (Lipinski definition) is 16. The highest BCUT2D eigenvalue weighted by atomic mass is 16.3. The molecule has 0 saturated heterocycles. The van der Waals surface area contributed by atoms with Gasteiger partial charge in [-0.3, -0.25) is 52.9 Å². The molecular weight excluding hydrogens is 1050 g/mol. The van der Waals surface area contributed by atoms with Gasteiger partial charge in [0, 0.05) is 6.54 Å². The Labute approximate surface area is 479 Å². The number of nitrogens with two attached hydrogens (primary N) is 6. The summed E-state index contributed by atoms with van der Waals surface area (Å²) in [5, 5.41) is 35.0. The number of nitrogens with zero attached hydrogens (tertiary/aromatic N) is 1. The summed E-state index contributed by atoms with van der Waals surface area (Å²) in [4.78, 5) is 141. The first-order chi connectivity index (χ1) is 37.9. The first-order valence-corrected chi connectivity index (χ1v) is 28.8. The van der Waals surface area contributed by atoms with Crippen LogP contribution in [-0.4, -0.2) is 157 Å². The number of aliphatic imine (C=N–C) groups is 1. The number of nitrogens with one attached hydrogen (secondary N) is 9. The first kappa shape index (κ1) is 74.8. The number of aliphatic hydroxyl groups is 1. The Hall–Kier alpha value is -6.19. The van der Waals surface area contributed by atoms with Crippen molar-refractivity contribution < 1.29 is 53.1 Å². The third kappa shape index (κ3) is 31.0. The van der Waals surface area contributed by atoms with Crippen molar-refractivity contribution in [2.45, 2.75) is 220 Å². The average molecular weight is 1150 g/mol. The highest BCUT2D eigenvalue weighted by Gasteiger charge is 2.37. The zero-order chi connectivity index (χ0) is 62.1. The maximum Gasteiger partial charge on any atom is 0.245 e. The van der Waals surface area contributed by atoms with E-state index in [1.807, 2.05) is 55.4 Å². The maximum absolute atomic E-state index is 14.5. The van der Waals surface area contributed by atoms with Crippen LogP contribution in [0.5, 0.6) is 0 Å². The Balaban J connectivity index is 7.03. The average Bonchev–Trinajstić information content (AvgIpc) is 3.37. The van der Waals surface area contributed by atoms with Gasteiger partial charge < -0.3 is 87.4 Å². The molecule has 0 heterocycles. The quantitative estimate of drug-likeness (QED) is 0.0174. The van der Waals surface area contributed by atoms with Gasteiger partial charge in [0.05, 0.1) is 12.6 Å². The van der Waals surface area contributed by atoms with Crippen molar-refractivity contribution in [3.63, 3.8) is 0 Å². The number of unbranched alkanes of at least 4 members (excludes halogenated alkanes) is 2. The molecule has 0 bridgehead atoms. The molecular formula is C54H104N16O11. The molecule has 0 aromatic carbocycles. The van der Waals surface area contributed by atoms with Crippen LogP contribution < -0.4 is 82.3 Å². The van der Waals surface area contributed by atoms with Crippen molar-refractivity contribution in [1.29, 1.82) is 0 Å². The van der Waals surface area contributed by atoms with Crippen LogP contribution in [0.15, 0.2) is 4.99 Å². The van der Waals surface area contributed by atoms with E-state index in [2.05, 4.69) is 52.8 Å². The van der Waals surface area contributed by atoms with Crippen LogP contribution in [0, 0.1) is 29.6 Å². The van der Waals surface area contributed by atoms with Crippen molar-refractivity contribution in [2.24, 2.45) is 69.0 Å². The second kappa shape index (κ2) is 40.1. The Bertz CT molecular complexity index is 2020. The van der Waals surface area contributed by atoms with E-state index >= 15 is 0 Å².